The maximum absolute atomic E-state index is 12.9. The molecule has 0 saturated carbocycles. The van der Waals surface area contributed by atoms with Gasteiger partial charge in [0.05, 0.1) is 6.61 Å². The maximum Gasteiger partial charge on any atom is 0.277 e. The molecule has 0 radical (unpaired) electrons. The summed E-state index contributed by atoms with van der Waals surface area (Å²) in [5.41, 5.74) is 1.21. The van der Waals surface area contributed by atoms with Crippen molar-refractivity contribution in [3.63, 3.8) is 0 Å². The Hall–Kier alpha value is -2.77. The van der Waals surface area contributed by atoms with Gasteiger partial charge in [-0.05, 0) is 24.3 Å². The molecule has 0 saturated heterocycles. The molecular weight excluding hydrogens is 336 g/mol. The van der Waals surface area contributed by atoms with Gasteiger partial charge in [-0.2, -0.15) is 0 Å². The van der Waals surface area contributed by atoms with E-state index in [1.165, 1.54) is 11.3 Å². The minimum atomic E-state index is -0.159. The van der Waals surface area contributed by atoms with Crippen LogP contribution < -0.4 is 10.2 Å². The largest absolute Gasteiger partial charge is 0.383 e. The lowest BCUT2D eigenvalue weighted by atomic mass is 10.2. The highest BCUT2D eigenvalue weighted by molar-refractivity contribution is 7.14. The third-order valence-electron chi connectivity index (χ3n) is 3.46. The van der Waals surface area contributed by atoms with E-state index in [4.69, 9.17) is 4.74 Å². The zero-order chi connectivity index (χ0) is 17.5. The predicted octanol–water partition coefficient (Wildman–Crippen LogP) is 3.57. The van der Waals surface area contributed by atoms with Crippen LogP contribution in [0.25, 0.3) is 0 Å². The number of benzene rings is 1. The third kappa shape index (κ3) is 4.40. The quantitative estimate of drug-likeness (QED) is 0.702. The fourth-order valence-corrected chi connectivity index (χ4v) is 2.94. The molecule has 0 aliphatic heterocycles. The number of aromatic nitrogens is 2. The van der Waals surface area contributed by atoms with Crippen LogP contribution in [0.1, 0.15) is 10.5 Å². The molecule has 0 fully saturated rings. The Bertz CT molecular complexity index is 808. The van der Waals surface area contributed by atoms with Gasteiger partial charge in [0.1, 0.15) is 11.5 Å². The average Bonchev–Trinajstić information content (AvgIpc) is 3.12. The van der Waals surface area contributed by atoms with Crippen LogP contribution in [0.4, 0.5) is 16.6 Å². The van der Waals surface area contributed by atoms with Crippen LogP contribution in [0.5, 0.6) is 0 Å². The summed E-state index contributed by atoms with van der Waals surface area (Å²) in [5, 5.41) is 5.47. The number of nitrogens with one attached hydrogen (secondary N) is 1. The molecule has 1 amide bonds. The second-order valence-electron chi connectivity index (χ2n) is 5.16. The number of hydrogen-bond donors (Lipinski definition) is 1. The lowest BCUT2D eigenvalue weighted by Crippen LogP contribution is -2.34. The van der Waals surface area contributed by atoms with Gasteiger partial charge in [0, 0.05) is 30.9 Å². The van der Waals surface area contributed by atoms with Gasteiger partial charge in [-0.15, -0.1) is 11.3 Å². The molecule has 0 atom stereocenters. The van der Waals surface area contributed by atoms with Crippen molar-refractivity contribution >= 4 is 33.9 Å². The van der Waals surface area contributed by atoms with Crippen molar-refractivity contribution in [2.45, 2.75) is 0 Å². The molecule has 6 nitrogen and oxygen atoms in total. The number of thiazole rings is 1. The van der Waals surface area contributed by atoms with E-state index < -0.39 is 0 Å². The second-order valence-corrected chi connectivity index (χ2v) is 6.02. The number of pyridine rings is 1. The maximum atomic E-state index is 12.9. The van der Waals surface area contributed by atoms with Crippen molar-refractivity contribution in [3.8, 4) is 0 Å². The van der Waals surface area contributed by atoms with Gasteiger partial charge in [0.2, 0.25) is 0 Å². The number of amides is 1. The van der Waals surface area contributed by atoms with Gasteiger partial charge in [-0.25, -0.2) is 9.97 Å². The average molecular weight is 354 g/mol. The zero-order valence-corrected chi connectivity index (χ0v) is 14.6. The number of methoxy groups -OCH3 is 1. The van der Waals surface area contributed by atoms with Crippen LogP contribution in [0.2, 0.25) is 0 Å². The molecule has 1 aromatic carbocycles. The lowest BCUT2D eigenvalue weighted by Gasteiger charge is -2.21. The summed E-state index contributed by atoms with van der Waals surface area (Å²) in [6.07, 6.45) is 1.70. The van der Waals surface area contributed by atoms with Crippen LogP contribution in [-0.4, -0.2) is 36.1 Å². The number of carbonyl (C=O) groups excluding carboxylic acids is 1. The summed E-state index contributed by atoms with van der Waals surface area (Å²) in [5.74, 6) is 0.531. The van der Waals surface area contributed by atoms with Crippen molar-refractivity contribution in [1.29, 1.82) is 0 Å². The molecule has 0 aliphatic rings. The zero-order valence-electron chi connectivity index (χ0n) is 13.8. The molecule has 2 heterocycles. The smallest absolute Gasteiger partial charge is 0.277 e. The molecule has 0 bridgehead atoms. The van der Waals surface area contributed by atoms with Crippen LogP contribution in [-0.2, 0) is 4.74 Å². The van der Waals surface area contributed by atoms with Crippen molar-refractivity contribution in [3.05, 3.63) is 65.8 Å². The van der Waals surface area contributed by atoms with Crippen molar-refractivity contribution in [2.75, 3.05) is 30.5 Å². The monoisotopic (exact) mass is 354 g/mol. The molecule has 3 aromatic rings. The topological polar surface area (TPSA) is 67.3 Å². The normalized spacial score (nSPS) is 10.4. The molecular formula is C18H18N4O2S. The minimum absolute atomic E-state index is 0.159. The van der Waals surface area contributed by atoms with E-state index in [2.05, 4.69) is 15.3 Å². The van der Waals surface area contributed by atoms with Gasteiger partial charge in [-0.1, -0.05) is 24.3 Å². The van der Waals surface area contributed by atoms with Crippen molar-refractivity contribution in [2.24, 2.45) is 0 Å². The standard InChI is InChI=1S/C18H18N4O2S/c1-24-12-11-22(14-7-3-2-4-8-14)17(23)15-13-25-18(20-15)21-16-9-5-6-10-19-16/h2-10,13H,11-12H2,1H3,(H,19,20,21). The second kappa shape index (κ2) is 8.36. The first kappa shape index (κ1) is 17.1. The number of nitrogens with zero attached hydrogens (tertiary/aromatic N) is 3. The molecule has 7 heteroatoms. The number of carbonyl (C=O) groups is 1. The molecule has 25 heavy (non-hydrogen) atoms. The predicted molar refractivity (Wildman–Crippen MR) is 99.6 cm³/mol. The first-order chi connectivity index (χ1) is 12.3. The van der Waals surface area contributed by atoms with Crippen LogP contribution in [0.3, 0.4) is 0 Å². The number of anilines is 3. The number of hydrogen-bond acceptors (Lipinski definition) is 6. The van der Waals surface area contributed by atoms with Gasteiger partial charge in [-0.3, -0.25) is 4.79 Å². The van der Waals surface area contributed by atoms with E-state index in [9.17, 15) is 4.79 Å². The highest BCUT2D eigenvalue weighted by atomic mass is 32.1. The summed E-state index contributed by atoms with van der Waals surface area (Å²) in [6, 6.07) is 15.1. The van der Waals surface area contributed by atoms with E-state index >= 15 is 0 Å². The third-order valence-corrected chi connectivity index (χ3v) is 4.21. The van der Waals surface area contributed by atoms with Gasteiger partial charge in [0.15, 0.2) is 5.13 Å². The summed E-state index contributed by atoms with van der Waals surface area (Å²) in [4.78, 5) is 23.1. The van der Waals surface area contributed by atoms with E-state index in [0.717, 1.165) is 5.69 Å². The van der Waals surface area contributed by atoms with E-state index in [-0.39, 0.29) is 5.91 Å². The van der Waals surface area contributed by atoms with Gasteiger partial charge < -0.3 is 15.0 Å². The molecule has 2 aromatic heterocycles. The SMILES string of the molecule is COCCN(C(=O)c1csc(Nc2ccccn2)n1)c1ccccc1. The van der Waals surface area contributed by atoms with Crippen molar-refractivity contribution < 1.29 is 9.53 Å². The number of ether oxygens (including phenoxy) is 1. The van der Waals surface area contributed by atoms with Crippen LogP contribution in [0.15, 0.2) is 60.1 Å². The van der Waals surface area contributed by atoms with Gasteiger partial charge in [0.25, 0.3) is 5.91 Å². The Balaban J connectivity index is 1.78. The van der Waals surface area contributed by atoms with E-state index in [1.807, 2.05) is 48.5 Å². The Labute approximate surface area is 150 Å². The Morgan fingerprint density at radius 3 is 2.72 bits per heavy atom. The van der Waals surface area contributed by atoms with E-state index in [0.29, 0.717) is 29.8 Å². The van der Waals surface area contributed by atoms with Crippen LogP contribution >= 0.6 is 11.3 Å². The Morgan fingerprint density at radius 2 is 2.00 bits per heavy atom. The minimum Gasteiger partial charge on any atom is -0.383 e. The molecule has 3 rings (SSSR count). The van der Waals surface area contributed by atoms with Crippen LogP contribution in [0, 0.1) is 0 Å². The van der Waals surface area contributed by atoms with Crippen molar-refractivity contribution in [1.82, 2.24) is 9.97 Å². The first-order valence-corrected chi connectivity index (χ1v) is 8.65. The summed E-state index contributed by atoms with van der Waals surface area (Å²) in [6.45, 7) is 0.906. The molecule has 128 valence electrons. The summed E-state index contributed by atoms with van der Waals surface area (Å²) < 4.78 is 5.13. The fourth-order valence-electron chi connectivity index (χ4n) is 2.25. The number of rotatable bonds is 7. The lowest BCUT2D eigenvalue weighted by molar-refractivity contribution is 0.0972. The summed E-state index contributed by atoms with van der Waals surface area (Å²) >= 11 is 1.37. The Morgan fingerprint density at radius 1 is 1.20 bits per heavy atom. The highest BCUT2D eigenvalue weighted by Crippen LogP contribution is 2.22. The van der Waals surface area contributed by atoms with Gasteiger partial charge >= 0.3 is 0 Å². The fraction of sp³-hybridized carbons (Fsp3) is 0.167. The first-order valence-electron chi connectivity index (χ1n) is 7.77. The molecule has 1 N–H and O–H groups in total. The molecule has 0 spiro atoms. The highest BCUT2D eigenvalue weighted by Gasteiger charge is 2.20. The number of para-hydroxylation sites is 1. The van der Waals surface area contributed by atoms with E-state index in [1.54, 1.807) is 23.6 Å². The summed E-state index contributed by atoms with van der Waals surface area (Å²) in [7, 11) is 1.62. The Kier molecular flexibility index (Phi) is 5.71. The molecule has 0 aliphatic carbocycles. The molecule has 0 unspecified atom stereocenters.